The molecule has 0 unspecified atom stereocenters. The Morgan fingerprint density at radius 1 is 1.00 bits per heavy atom. The van der Waals surface area contributed by atoms with E-state index in [0.717, 1.165) is 41.2 Å². The molecule has 0 spiro atoms. The van der Waals surface area contributed by atoms with Crippen molar-refractivity contribution in [1.29, 1.82) is 10.5 Å². The molecule has 0 aromatic heterocycles. The predicted octanol–water partition coefficient (Wildman–Crippen LogP) is 4.48. The van der Waals surface area contributed by atoms with Gasteiger partial charge in [-0.25, -0.2) is 0 Å². The van der Waals surface area contributed by atoms with E-state index in [1.54, 1.807) is 12.1 Å². The third-order valence-electron chi connectivity index (χ3n) is 4.85. The molecular weight excluding hydrogens is 330 g/mol. The van der Waals surface area contributed by atoms with Crippen LogP contribution in [-0.4, -0.2) is 11.9 Å². The summed E-state index contributed by atoms with van der Waals surface area (Å²) in [6.45, 7) is 0. The van der Waals surface area contributed by atoms with E-state index in [1.165, 1.54) is 11.8 Å². The van der Waals surface area contributed by atoms with Gasteiger partial charge in [0.25, 0.3) is 5.91 Å². The summed E-state index contributed by atoms with van der Waals surface area (Å²) in [5, 5.41) is 18.8. The fourth-order valence-corrected chi connectivity index (χ4v) is 4.73. The molecule has 5 heteroatoms. The van der Waals surface area contributed by atoms with E-state index in [-0.39, 0.29) is 11.9 Å². The van der Waals surface area contributed by atoms with Crippen LogP contribution in [0.2, 0.25) is 0 Å². The van der Waals surface area contributed by atoms with E-state index in [2.05, 4.69) is 12.1 Å². The molecule has 0 saturated heterocycles. The highest BCUT2D eigenvalue weighted by Gasteiger charge is 2.34. The lowest BCUT2D eigenvalue weighted by atomic mass is 10.0. The number of carbonyl (C=O) groups is 1. The summed E-state index contributed by atoms with van der Waals surface area (Å²) in [7, 11) is 0. The SMILES string of the molecule is N#Cc1cc2c(cc1C#N)N(C1CCCC1)C(=O)c1ccccc1S2. The maximum Gasteiger partial charge on any atom is 0.259 e. The van der Waals surface area contributed by atoms with Crippen LogP contribution in [0.4, 0.5) is 5.69 Å². The monoisotopic (exact) mass is 345 g/mol. The highest BCUT2D eigenvalue weighted by atomic mass is 32.2. The van der Waals surface area contributed by atoms with Gasteiger partial charge in [0, 0.05) is 15.8 Å². The number of fused-ring (bicyclic) bond motifs is 2. The van der Waals surface area contributed by atoms with Crippen molar-refractivity contribution in [3.8, 4) is 12.1 Å². The minimum absolute atomic E-state index is 0.0117. The minimum atomic E-state index is -0.0117. The number of nitrogens with zero attached hydrogens (tertiary/aromatic N) is 3. The summed E-state index contributed by atoms with van der Waals surface area (Å²) in [5.41, 5.74) is 2.12. The van der Waals surface area contributed by atoms with E-state index in [9.17, 15) is 15.3 Å². The average molecular weight is 345 g/mol. The number of rotatable bonds is 1. The standard InChI is InChI=1S/C20H15N3OS/c21-11-13-9-17-19(10-14(13)12-22)25-18-8-4-3-7-16(18)20(24)23(17)15-5-1-2-6-15/h3-4,7-10,15H,1-2,5-6H2. The van der Waals surface area contributed by atoms with E-state index in [4.69, 9.17) is 0 Å². The van der Waals surface area contributed by atoms with Crippen LogP contribution in [0.5, 0.6) is 0 Å². The number of anilines is 1. The first-order valence-corrected chi connectivity index (χ1v) is 9.13. The van der Waals surface area contributed by atoms with Crippen LogP contribution in [0.1, 0.15) is 47.2 Å². The molecule has 1 aliphatic heterocycles. The molecule has 25 heavy (non-hydrogen) atoms. The third-order valence-corrected chi connectivity index (χ3v) is 5.97. The third kappa shape index (κ3) is 2.58. The fraction of sp³-hybridized carbons (Fsp3) is 0.250. The molecule has 1 saturated carbocycles. The van der Waals surface area contributed by atoms with Crippen molar-refractivity contribution in [2.75, 3.05) is 4.90 Å². The summed E-state index contributed by atoms with van der Waals surface area (Å²) >= 11 is 1.50. The smallest absolute Gasteiger partial charge is 0.259 e. The van der Waals surface area contributed by atoms with E-state index >= 15 is 0 Å². The molecule has 0 atom stereocenters. The van der Waals surface area contributed by atoms with E-state index < -0.39 is 0 Å². The first kappa shape index (κ1) is 15.7. The van der Waals surface area contributed by atoms with Gasteiger partial charge in [-0.05, 0) is 37.1 Å². The molecule has 1 amide bonds. The van der Waals surface area contributed by atoms with E-state index in [1.807, 2.05) is 29.2 Å². The van der Waals surface area contributed by atoms with Crippen LogP contribution >= 0.6 is 11.8 Å². The molecule has 2 aromatic rings. The average Bonchev–Trinajstić information content (AvgIpc) is 3.13. The van der Waals surface area contributed by atoms with Crippen molar-refractivity contribution in [3.05, 3.63) is 53.1 Å². The van der Waals surface area contributed by atoms with Crippen molar-refractivity contribution >= 4 is 23.4 Å². The Bertz CT molecular complexity index is 948. The lowest BCUT2D eigenvalue weighted by molar-refractivity contribution is 0.0974. The lowest BCUT2D eigenvalue weighted by Crippen LogP contribution is -2.39. The summed E-state index contributed by atoms with van der Waals surface area (Å²) in [4.78, 5) is 16.9. The lowest BCUT2D eigenvalue weighted by Gasteiger charge is -2.29. The van der Waals surface area contributed by atoms with Gasteiger partial charge in [-0.1, -0.05) is 36.7 Å². The van der Waals surface area contributed by atoms with Gasteiger partial charge >= 0.3 is 0 Å². The van der Waals surface area contributed by atoms with Gasteiger partial charge in [-0.2, -0.15) is 10.5 Å². The molecular formula is C20H15N3OS. The van der Waals surface area contributed by atoms with Gasteiger partial charge in [0.2, 0.25) is 0 Å². The number of hydrogen-bond donors (Lipinski definition) is 0. The summed E-state index contributed by atoms with van der Waals surface area (Å²) in [6, 6.07) is 15.4. The van der Waals surface area contributed by atoms with Crippen molar-refractivity contribution in [2.24, 2.45) is 0 Å². The quantitative estimate of drug-likeness (QED) is 0.764. The van der Waals surface area contributed by atoms with Crippen molar-refractivity contribution in [1.82, 2.24) is 0 Å². The first-order chi connectivity index (χ1) is 12.2. The highest BCUT2D eigenvalue weighted by molar-refractivity contribution is 7.99. The Morgan fingerprint density at radius 3 is 2.40 bits per heavy atom. The first-order valence-electron chi connectivity index (χ1n) is 8.31. The zero-order chi connectivity index (χ0) is 17.4. The molecule has 1 aliphatic carbocycles. The second-order valence-electron chi connectivity index (χ2n) is 6.30. The molecule has 4 rings (SSSR count). The van der Waals surface area contributed by atoms with Gasteiger partial charge in [-0.3, -0.25) is 4.79 Å². The van der Waals surface area contributed by atoms with Crippen molar-refractivity contribution in [3.63, 3.8) is 0 Å². The number of hydrogen-bond acceptors (Lipinski definition) is 4. The number of carbonyl (C=O) groups excluding carboxylic acids is 1. The van der Waals surface area contributed by atoms with Gasteiger partial charge in [-0.15, -0.1) is 0 Å². The topological polar surface area (TPSA) is 67.9 Å². The molecule has 1 fully saturated rings. The Morgan fingerprint density at radius 2 is 1.68 bits per heavy atom. The number of benzene rings is 2. The second kappa shape index (κ2) is 6.27. The van der Waals surface area contributed by atoms with Gasteiger partial charge < -0.3 is 4.90 Å². The Balaban J connectivity index is 1.96. The number of nitriles is 2. The largest absolute Gasteiger partial charge is 0.304 e. The summed E-state index contributed by atoms with van der Waals surface area (Å²) < 4.78 is 0. The Hall–Kier alpha value is -2.76. The normalized spacial score (nSPS) is 16.6. The molecule has 0 bridgehead atoms. The zero-order valence-electron chi connectivity index (χ0n) is 13.5. The van der Waals surface area contributed by atoms with Crippen LogP contribution in [0, 0.1) is 22.7 Å². The summed E-state index contributed by atoms with van der Waals surface area (Å²) in [6.07, 6.45) is 4.17. The predicted molar refractivity (Wildman–Crippen MR) is 95.5 cm³/mol. The molecule has 4 nitrogen and oxygen atoms in total. The number of amides is 1. The maximum absolute atomic E-state index is 13.3. The van der Waals surface area contributed by atoms with Crippen molar-refractivity contribution in [2.45, 2.75) is 41.5 Å². The zero-order valence-corrected chi connectivity index (χ0v) is 14.3. The molecule has 122 valence electrons. The van der Waals surface area contributed by atoms with Gasteiger partial charge in [0.15, 0.2) is 0 Å². The van der Waals surface area contributed by atoms with Crippen LogP contribution in [0.3, 0.4) is 0 Å². The fourth-order valence-electron chi connectivity index (χ4n) is 3.64. The van der Waals surface area contributed by atoms with Gasteiger partial charge in [0.1, 0.15) is 12.1 Å². The van der Waals surface area contributed by atoms with E-state index in [0.29, 0.717) is 16.7 Å². The molecule has 0 radical (unpaired) electrons. The Labute approximate surface area is 150 Å². The molecule has 2 aromatic carbocycles. The van der Waals surface area contributed by atoms with Gasteiger partial charge in [0.05, 0.1) is 22.4 Å². The maximum atomic E-state index is 13.3. The minimum Gasteiger partial charge on any atom is -0.304 e. The summed E-state index contributed by atoms with van der Waals surface area (Å²) in [5.74, 6) is -0.0117. The molecule has 0 N–H and O–H groups in total. The Kier molecular flexibility index (Phi) is 3.95. The van der Waals surface area contributed by atoms with Crippen LogP contribution < -0.4 is 4.90 Å². The second-order valence-corrected chi connectivity index (χ2v) is 7.38. The molecule has 1 heterocycles. The van der Waals surface area contributed by atoms with Crippen LogP contribution in [-0.2, 0) is 0 Å². The van der Waals surface area contributed by atoms with Crippen LogP contribution in [0.15, 0.2) is 46.2 Å². The van der Waals surface area contributed by atoms with Crippen LogP contribution in [0.25, 0.3) is 0 Å². The molecule has 2 aliphatic rings. The highest BCUT2D eigenvalue weighted by Crippen LogP contribution is 2.44. The van der Waals surface area contributed by atoms with Crippen molar-refractivity contribution < 1.29 is 4.79 Å².